The maximum atomic E-state index is 13.0. The fourth-order valence-electron chi connectivity index (χ4n) is 3.63. The van der Waals surface area contributed by atoms with E-state index in [0.29, 0.717) is 18.8 Å². The second kappa shape index (κ2) is 6.62. The first kappa shape index (κ1) is 16.3. The predicted octanol–water partition coefficient (Wildman–Crippen LogP) is 1.26. The Bertz CT molecular complexity index is 959. The van der Waals surface area contributed by atoms with Crippen LogP contribution in [0.4, 0.5) is 0 Å². The molecule has 0 bridgehead atoms. The molecule has 0 unspecified atom stereocenters. The topological polar surface area (TPSA) is 110 Å². The van der Waals surface area contributed by atoms with Crippen molar-refractivity contribution in [2.45, 2.75) is 25.3 Å². The van der Waals surface area contributed by atoms with Gasteiger partial charge in [-0.05, 0) is 18.9 Å². The zero-order chi connectivity index (χ0) is 18.1. The molecule has 1 fully saturated rings. The van der Waals surface area contributed by atoms with E-state index in [9.17, 15) is 9.59 Å². The molecule has 3 N–H and O–H groups in total. The number of para-hydroxylation sites is 1. The van der Waals surface area contributed by atoms with E-state index in [-0.39, 0.29) is 18.4 Å². The van der Waals surface area contributed by atoms with E-state index >= 15 is 0 Å². The molecule has 134 valence electrons. The van der Waals surface area contributed by atoms with Crippen molar-refractivity contribution in [2.75, 3.05) is 13.1 Å². The zero-order valence-corrected chi connectivity index (χ0v) is 14.3. The molecule has 4 rings (SSSR count). The number of H-pyrrole nitrogens is 1. The number of hydrogen-bond acceptors (Lipinski definition) is 4. The highest BCUT2D eigenvalue weighted by Gasteiger charge is 2.29. The van der Waals surface area contributed by atoms with Crippen LogP contribution in [0.1, 0.15) is 35.1 Å². The Hall–Kier alpha value is -3.16. The Labute approximate surface area is 150 Å². The molecule has 3 heterocycles. The van der Waals surface area contributed by atoms with Crippen LogP contribution in [0.3, 0.4) is 0 Å². The molecule has 1 saturated heterocycles. The normalized spacial score (nSPS) is 17.5. The Morgan fingerprint density at radius 1 is 1.31 bits per heavy atom. The van der Waals surface area contributed by atoms with E-state index in [4.69, 9.17) is 5.73 Å². The van der Waals surface area contributed by atoms with Crippen LogP contribution in [-0.2, 0) is 11.3 Å². The smallest absolute Gasteiger partial charge is 0.275 e. The molecular formula is C18H20N6O2. The lowest BCUT2D eigenvalue weighted by atomic mass is 9.96. The molecular weight excluding hydrogens is 332 g/mol. The third-order valence-corrected chi connectivity index (χ3v) is 4.82. The summed E-state index contributed by atoms with van der Waals surface area (Å²) in [5.74, 6) is 0.386. The van der Waals surface area contributed by atoms with Crippen molar-refractivity contribution >= 4 is 22.7 Å². The number of aromatic nitrogens is 4. The third kappa shape index (κ3) is 2.94. The summed E-state index contributed by atoms with van der Waals surface area (Å²) in [7, 11) is 0. The van der Waals surface area contributed by atoms with Crippen molar-refractivity contribution in [1.29, 1.82) is 0 Å². The summed E-state index contributed by atoms with van der Waals surface area (Å²) in [6.45, 7) is 1.34. The van der Waals surface area contributed by atoms with Gasteiger partial charge in [-0.25, -0.2) is 4.98 Å². The molecule has 0 spiro atoms. The Kier molecular flexibility index (Phi) is 4.16. The molecule has 8 heteroatoms. The summed E-state index contributed by atoms with van der Waals surface area (Å²) < 4.78 is 1.77. The molecule has 1 aliphatic rings. The molecule has 1 aromatic carbocycles. The van der Waals surface area contributed by atoms with Crippen LogP contribution in [0.15, 0.2) is 36.7 Å². The molecule has 26 heavy (non-hydrogen) atoms. The zero-order valence-electron chi connectivity index (χ0n) is 14.3. The largest absolute Gasteiger partial charge is 0.368 e. The fraction of sp³-hybridized carbons (Fsp3) is 0.333. The molecule has 8 nitrogen and oxygen atoms in total. The first-order valence-corrected chi connectivity index (χ1v) is 8.65. The van der Waals surface area contributed by atoms with E-state index in [1.807, 2.05) is 29.2 Å². The second-order valence-corrected chi connectivity index (χ2v) is 6.59. The van der Waals surface area contributed by atoms with E-state index in [1.165, 1.54) is 0 Å². The monoisotopic (exact) mass is 352 g/mol. The number of benzene rings is 1. The van der Waals surface area contributed by atoms with E-state index in [0.717, 1.165) is 29.6 Å². The number of likely N-dealkylation sites (tertiary alicyclic amines) is 1. The SMILES string of the molecule is NC(=O)Cn1ccnc1[C@H]1CCCN(C(=O)c2n[nH]c3ccccc23)C1. The second-order valence-electron chi connectivity index (χ2n) is 6.59. The lowest BCUT2D eigenvalue weighted by Gasteiger charge is -2.32. The number of primary amides is 1. The number of carbonyl (C=O) groups is 2. The van der Waals surface area contributed by atoms with Crippen LogP contribution in [0.2, 0.25) is 0 Å². The highest BCUT2D eigenvalue weighted by atomic mass is 16.2. The van der Waals surface area contributed by atoms with Gasteiger partial charge in [-0.3, -0.25) is 14.7 Å². The Morgan fingerprint density at radius 2 is 2.15 bits per heavy atom. The highest BCUT2D eigenvalue weighted by Crippen LogP contribution is 2.27. The van der Waals surface area contributed by atoms with E-state index in [1.54, 1.807) is 17.0 Å². The number of fused-ring (bicyclic) bond motifs is 1. The number of rotatable bonds is 4. The minimum Gasteiger partial charge on any atom is -0.368 e. The van der Waals surface area contributed by atoms with Crippen LogP contribution >= 0.6 is 0 Å². The molecule has 1 aliphatic heterocycles. The first-order chi connectivity index (χ1) is 12.6. The van der Waals surface area contributed by atoms with Gasteiger partial charge in [0.25, 0.3) is 5.91 Å². The number of amides is 2. The van der Waals surface area contributed by atoms with Crippen molar-refractivity contribution in [1.82, 2.24) is 24.6 Å². The van der Waals surface area contributed by atoms with Gasteiger partial charge in [0.15, 0.2) is 5.69 Å². The van der Waals surface area contributed by atoms with Crippen molar-refractivity contribution in [2.24, 2.45) is 5.73 Å². The number of aromatic amines is 1. The summed E-state index contributed by atoms with van der Waals surface area (Å²) >= 11 is 0. The Balaban J connectivity index is 1.56. The number of imidazole rings is 1. The fourth-order valence-corrected chi connectivity index (χ4v) is 3.63. The number of nitrogens with one attached hydrogen (secondary N) is 1. The summed E-state index contributed by atoms with van der Waals surface area (Å²) in [4.78, 5) is 30.5. The summed E-state index contributed by atoms with van der Waals surface area (Å²) in [6.07, 6.45) is 5.21. The summed E-state index contributed by atoms with van der Waals surface area (Å²) in [5, 5.41) is 7.96. The Morgan fingerprint density at radius 3 is 3.00 bits per heavy atom. The lowest BCUT2D eigenvalue weighted by molar-refractivity contribution is -0.118. The maximum Gasteiger partial charge on any atom is 0.275 e. The van der Waals surface area contributed by atoms with Crippen molar-refractivity contribution in [3.8, 4) is 0 Å². The van der Waals surface area contributed by atoms with Crippen LogP contribution in [0.5, 0.6) is 0 Å². The first-order valence-electron chi connectivity index (χ1n) is 8.65. The number of nitrogens with two attached hydrogens (primary N) is 1. The molecule has 2 amide bonds. The van der Waals surface area contributed by atoms with Gasteiger partial charge in [0.05, 0.1) is 5.52 Å². The highest BCUT2D eigenvalue weighted by molar-refractivity contribution is 6.04. The van der Waals surface area contributed by atoms with Crippen molar-refractivity contribution < 1.29 is 9.59 Å². The molecule has 3 aromatic rings. The molecule has 1 atom stereocenters. The standard InChI is InChI=1S/C18H20N6O2/c19-15(25)11-23-9-7-20-17(23)12-4-3-8-24(10-12)18(26)16-13-5-1-2-6-14(13)21-22-16/h1-2,5-7,9,12H,3-4,8,10-11H2,(H2,19,25)(H,21,22)/t12-/m0/s1. The van der Waals surface area contributed by atoms with Crippen LogP contribution < -0.4 is 5.73 Å². The van der Waals surface area contributed by atoms with Crippen LogP contribution in [0.25, 0.3) is 10.9 Å². The quantitative estimate of drug-likeness (QED) is 0.736. The average Bonchev–Trinajstić information content (AvgIpc) is 3.27. The minimum atomic E-state index is -0.406. The van der Waals surface area contributed by atoms with Gasteiger partial charge >= 0.3 is 0 Å². The third-order valence-electron chi connectivity index (χ3n) is 4.82. The summed E-state index contributed by atoms with van der Waals surface area (Å²) in [6, 6.07) is 7.60. The lowest BCUT2D eigenvalue weighted by Crippen LogP contribution is -2.40. The predicted molar refractivity (Wildman–Crippen MR) is 95.4 cm³/mol. The summed E-state index contributed by atoms with van der Waals surface area (Å²) in [5.41, 5.74) is 6.61. The number of hydrogen-bond donors (Lipinski definition) is 2. The van der Waals surface area contributed by atoms with Crippen LogP contribution in [-0.4, -0.2) is 49.6 Å². The molecule has 0 saturated carbocycles. The van der Waals surface area contributed by atoms with Crippen LogP contribution in [0, 0.1) is 0 Å². The van der Waals surface area contributed by atoms with Gasteiger partial charge in [0.2, 0.25) is 5.91 Å². The minimum absolute atomic E-state index is 0.0762. The molecule has 0 aliphatic carbocycles. The van der Waals surface area contributed by atoms with Crippen molar-refractivity contribution in [3.05, 3.63) is 48.2 Å². The molecule has 2 aromatic heterocycles. The molecule has 0 radical (unpaired) electrons. The van der Waals surface area contributed by atoms with Gasteiger partial charge in [-0.1, -0.05) is 18.2 Å². The van der Waals surface area contributed by atoms with Gasteiger partial charge in [0.1, 0.15) is 12.4 Å². The van der Waals surface area contributed by atoms with E-state index in [2.05, 4.69) is 15.2 Å². The van der Waals surface area contributed by atoms with Gasteiger partial charge in [-0.2, -0.15) is 5.10 Å². The average molecular weight is 352 g/mol. The number of nitrogens with zero attached hydrogens (tertiary/aromatic N) is 4. The van der Waals surface area contributed by atoms with Gasteiger partial charge in [-0.15, -0.1) is 0 Å². The van der Waals surface area contributed by atoms with Crippen molar-refractivity contribution in [3.63, 3.8) is 0 Å². The number of carbonyl (C=O) groups excluding carboxylic acids is 2. The van der Waals surface area contributed by atoms with E-state index < -0.39 is 5.91 Å². The van der Waals surface area contributed by atoms with Gasteiger partial charge in [0, 0.05) is 36.8 Å². The number of piperidine rings is 1. The maximum absolute atomic E-state index is 13.0. The van der Waals surface area contributed by atoms with Gasteiger partial charge < -0.3 is 15.2 Å².